The lowest BCUT2D eigenvalue weighted by Crippen LogP contribution is -2.59. The van der Waals surface area contributed by atoms with Crippen LogP contribution in [0, 0.1) is 5.92 Å². The lowest BCUT2D eigenvalue weighted by Gasteiger charge is -2.37. The Hall–Kier alpha value is -4.40. The maximum Gasteiger partial charge on any atom is 0.249 e. The van der Waals surface area contributed by atoms with Crippen molar-refractivity contribution in [2.24, 2.45) is 22.4 Å². The number of nitrogens with two attached hydrogens (primary N) is 2. The fourth-order valence-electron chi connectivity index (χ4n) is 6.50. The number of benzene rings is 2. The zero-order valence-electron chi connectivity index (χ0n) is 26.2. The monoisotopic (exact) mass is 654 g/mol. The number of phenolic OH excluding ortho intramolecular Hbond substituents is 2. The number of likely N-dealkylation sites (tertiary alicyclic amines) is 1. The average molecular weight is 655 g/mol. The van der Waals surface area contributed by atoms with Crippen molar-refractivity contribution in [3.63, 3.8) is 0 Å². The van der Waals surface area contributed by atoms with Gasteiger partial charge < -0.3 is 52.5 Å². The molecule has 1 aliphatic carbocycles. The molecule has 11 N–H and O–H groups in total. The summed E-state index contributed by atoms with van der Waals surface area (Å²) in [5.41, 5.74) is 12.0. The van der Waals surface area contributed by atoms with Gasteiger partial charge in [-0.15, -0.1) is 0 Å². The first-order chi connectivity index (χ1) is 22.4. The molecule has 0 bridgehead atoms. The number of hydrogen-bond donors (Lipinski definition) is 9. The van der Waals surface area contributed by atoms with Gasteiger partial charge in [0.1, 0.15) is 29.7 Å². The molecular weight excluding hydrogens is 608 g/mol. The molecule has 0 aromatic heterocycles. The lowest BCUT2D eigenvalue weighted by atomic mass is 9.83. The SMILES string of the molecule is NC(N)=NCCC[C@@H](CO)NC(=O)[C@@H]1C[C@@H]2CC[C@@H](O)C[C@@H]2N1C(=O)[C@@H](Cc1ccc(O)cc1)NC(=O)[C@H](O)Cc1ccc(O)cc1. The molecule has 2 fully saturated rings. The third-order valence-electron chi connectivity index (χ3n) is 8.94. The maximum atomic E-state index is 14.5. The van der Waals surface area contributed by atoms with Crippen LogP contribution in [0.25, 0.3) is 0 Å². The molecule has 0 unspecified atom stereocenters. The van der Waals surface area contributed by atoms with Crippen molar-refractivity contribution in [3.05, 3.63) is 59.7 Å². The van der Waals surface area contributed by atoms with Gasteiger partial charge in [-0.1, -0.05) is 24.3 Å². The van der Waals surface area contributed by atoms with E-state index in [1.165, 1.54) is 29.2 Å². The second-order valence-corrected chi connectivity index (χ2v) is 12.4. The summed E-state index contributed by atoms with van der Waals surface area (Å²) < 4.78 is 0. The second kappa shape index (κ2) is 16.4. The standard InChI is InChI=1S/C33H46N6O8/c34-33(35)36-13-1-2-22(18-40)37-30(45)28-16-21-7-12-25(43)17-27(21)39(28)32(47)26(14-19-3-8-23(41)9-4-19)38-31(46)29(44)15-20-5-10-24(42)11-6-20/h3-6,8-11,21-22,25-29,40-44H,1-2,7,12-18H2,(H,37,45)(H,38,46)(H4,34,35,36)/t21-,22-,25+,26+,27-,28-,29+/m0/s1. The summed E-state index contributed by atoms with van der Waals surface area (Å²) in [6.07, 6.45) is 0.434. The molecule has 1 heterocycles. The minimum Gasteiger partial charge on any atom is -0.508 e. The topological polar surface area (TPSA) is 244 Å². The summed E-state index contributed by atoms with van der Waals surface area (Å²) in [6, 6.07) is 9.00. The van der Waals surface area contributed by atoms with E-state index in [4.69, 9.17) is 11.5 Å². The smallest absolute Gasteiger partial charge is 0.249 e. The Morgan fingerprint density at radius 1 is 0.915 bits per heavy atom. The van der Waals surface area contributed by atoms with Gasteiger partial charge in [0.05, 0.1) is 18.8 Å². The molecule has 0 radical (unpaired) electrons. The number of carbonyl (C=O) groups excluding carboxylic acids is 3. The first-order valence-electron chi connectivity index (χ1n) is 16.0. The van der Waals surface area contributed by atoms with Crippen molar-refractivity contribution in [2.45, 2.75) is 87.7 Å². The van der Waals surface area contributed by atoms with Crippen molar-refractivity contribution in [3.8, 4) is 11.5 Å². The molecule has 0 spiro atoms. The number of aliphatic imine (C=N–C) groups is 1. The molecule has 2 aromatic carbocycles. The highest BCUT2D eigenvalue weighted by atomic mass is 16.3. The van der Waals surface area contributed by atoms with Crippen LogP contribution in [-0.4, -0.2) is 104 Å². The van der Waals surface area contributed by atoms with Crippen molar-refractivity contribution in [1.82, 2.24) is 15.5 Å². The molecule has 256 valence electrons. The zero-order chi connectivity index (χ0) is 34.1. The highest BCUT2D eigenvalue weighted by Gasteiger charge is 2.50. The third-order valence-corrected chi connectivity index (χ3v) is 8.94. The van der Waals surface area contributed by atoms with Gasteiger partial charge in [-0.05, 0) is 79.8 Å². The Morgan fingerprint density at radius 2 is 1.53 bits per heavy atom. The Balaban J connectivity index is 1.57. The number of guanidine groups is 1. The third kappa shape index (κ3) is 9.80. The molecule has 14 heteroatoms. The quantitative estimate of drug-likeness (QED) is 0.0711. The van der Waals surface area contributed by atoms with Crippen molar-refractivity contribution >= 4 is 23.7 Å². The largest absolute Gasteiger partial charge is 0.508 e. The summed E-state index contributed by atoms with van der Waals surface area (Å²) in [4.78, 5) is 46.9. The van der Waals surface area contributed by atoms with Crippen molar-refractivity contribution in [1.29, 1.82) is 0 Å². The van der Waals surface area contributed by atoms with Crippen LogP contribution in [0.2, 0.25) is 0 Å². The lowest BCUT2D eigenvalue weighted by molar-refractivity contribution is -0.145. The van der Waals surface area contributed by atoms with Gasteiger partial charge in [-0.25, -0.2) is 0 Å². The van der Waals surface area contributed by atoms with Gasteiger partial charge in [-0.3, -0.25) is 19.4 Å². The highest BCUT2D eigenvalue weighted by Crippen LogP contribution is 2.40. The number of rotatable bonds is 14. The van der Waals surface area contributed by atoms with Gasteiger partial charge in [0.2, 0.25) is 17.7 Å². The molecule has 14 nitrogen and oxygen atoms in total. The Morgan fingerprint density at radius 3 is 2.13 bits per heavy atom. The van der Waals surface area contributed by atoms with E-state index in [-0.39, 0.29) is 49.2 Å². The van der Waals surface area contributed by atoms with Crippen LogP contribution in [0.5, 0.6) is 11.5 Å². The van der Waals surface area contributed by atoms with Gasteiger partial charge in [0.25, 0.3) is 0 Å². The molecule has 1 saturated heterocycles. The fourth-order valence-corrected chi connectivity index (χ4v) is 6.50. The van der Waals surface area contributed by atoms with Crippen molar-refractivity contribution in [2.75, 3.05) is 13.2 Å². The predicted octanol–water partition coefficient (Wildman–Crippen LogP) is -0.610. The number of aromatic hydroxyl groups is 2. The molecule has 7 atom stereocenters. The van der Waals surface area contributed by atoms with Crippen LogP contribution in [0.4, 0.5) is 0 Å². The molecule has 1 saturated carbocycles. The number of nitrogens with zero attached hydrogens (tertiary/aromatic N) is 2. The maximum absolute atomic E-state index is 14.5. The number of hydrogen-bond acceptors (Lipinski definition) is 9. The average Bonchev–Trinajstić information content (AvgIpc) is 3.42. The molecule has 1 aliphatic heterocycles. The summed E-state index contributed by atoms with van der Waals surface area (Å²) >= 11 is 0. The Kier molecular flexibility index (Phi) is 12.4. The number of carbonyl (C=O) groups is 3. The Bertz CT molecular complexity index is 1380. The van der Waals surface area contributed by atoms with Crippen LogP contribution >= 0.6 is 0 Å². The number of fused-ring (bicyclic) bond motifs is 1. The number of phenols is 2. The minimum absolute atomic E-state index is 0.00557. The minimum atomic E-state index is -1.51. The van der Waals surface area contributed by atoms with E-state index in [1.807, 2.05) is 0 Å². The van der Waals surface area contributed by atoms with E-state index < -0.39 is 54.1 Å². The second-order valence-electron chi connectivity index (χ2n) is 12.4. The summed E-state index contributed by atoms with van der Waals surface area (Å²) in [5, 5.41) is 56.2. The normalized spacial score (nSPS) is 22.4. The number of aliphatic hydroxyl groups excluding tert-OH is 3. The summed E-state index contributed by atoms with van der Waals surface area (Å²) in [7, 11) is 0. The van der Waals surface area contributed by atoms with E-state index in [0.717, 1.165) is 0 Å². The van der Waals surface area contributed by atoms with Crippen LogP contribution in [0.15, 0.2) is 53.5 Å². The number of nitrogens with one attached hydrogen (secondary N) is 2. The van der Waals surface area contributed by atoms with Gasteiger partial charge in [0.15, 0.2) is 5.96 Å². The van der Waals surface area contributed by atoms with Crippen molar-refractivity contribution < 1.29 is 39.9 Å². The van der Waals surface area contributed by atoms with E-state index in [1.54, 1.807) is 24.3 Å². The first kappa shape index (κ1) is 35.5. The first-order valence-corrected chi connectivity index (χ1v) is 16.0. The number of aliphatic hydroxyl groups is 3. The summed E-state index contributed by atoms with van der Waals surface area (Å²) in [5.74, 6) is -1.84. The van der Waals surface area contributed by atoms with Gasteiger partial charge in [-0.2, -0.15) is 0 Å². The predicted molar refractivity (Wildman–Crippen MR) is 173 cm³/mol. The van der Waals surface area contributed by atoms with E-state index >= 15 is 0 Å². The van der Waals surface area contributed by atoms with Crippen LogP contribution in [-0.2, 0) is 27.2 Å². The molecule has 2 aliphatic rings. The molecular formula is C33H46N6O8. The van der Waals surface area contributed by atoms with Gasteiger partial charge >= 0.3 is 0 Å². The molecule has 4 rings (SSSR count). The number of amides is 3. The molecule has 2 aromatic rings. The Labute approximate surface area is 273 Å². The zero-order valence-corrected chi connectivity index (χ0v) is 26.2. The van der Waals surface area contributed by atoms with Crippen LogP contribution in [0.1, 0.15) is 49.7 Å². The molecule has 47 heavy (non-hydrogen) atoms. The van der Waals surface area contributed by atoms with E-state index in [9.17, 15) is 39.9 Å². The summed E-state index contributed by atoms with van der Waals surface area (Å²) in [6.45, 7) is -0.0136. The van der Waals surface area contributed by atoms with Crippen LogP contribution < -0.4 is 22.1 Å². The van der Waals surface area contributed by atoms with E-state index in [0.29, 0.717) is 49.8 Å². The van der Waals surface area contributed by atoms with E-state index in [2.05, 4.69) is 15.6 Å². The van der Waals surface area contributed by atoms with Gasteiger partial charge in [0, 0.05) is 25.4 Å². The van der Waals surface area contributed by atoms with Crippen LogP contribution in [0.3, 0.4) is 0 Å². The fraction of sp³-hybridized carbons (Fsp3) is 0.515. The highest BCUT2D eigenvalue weighted by molar-refractivity contribution is 5.94. The molecule has 3 amide bonds.